The molecule has 0 unspecified atom stereocenters. The third-order valence-corrected chi connectivity index (χ3v) is 4.10. The molecule has 1 amide bonds. The first-order valence-corrected chi connectivity index (χ1v) is 8.13. The second-order valence-corrected chi connectivity index (χ2v) is 8.18. The van der Waals surface area contributed by atoms with E-state index in [1.165, 1.54) is 0 Å². The zero-order valence-electron chi connectivity index (χ0n) is 10.1. The average molecular weight is 359 g/mol. The highest BCUT2D eigenvalue weighted by molar-refractivity contribution is 9.10. The molecule has 0 bridgehead atoms. The maximum atomic E-state index is 11.7. The van der Waals surface area contributed by atoms with Gasteiger partial charge in [-0.1, -0.05) is 20.8 Å². The summed E-state index contributed by atoms with van der Waals surface area (Å²) in [6.07, 6.45) is 0. The highest BCUT2D eigenvalue weighted by atomic mass is 79.9. The molecule has 1 aromatic rings. The SMILES string of the molecule is CC(C)(C)CNC(=O)c1cc(S(=O)(=O)Cl)c(Br)o1. The van der Waals surface area contributed by atoms with Crippen molar-refractivity contribution < 1.29 is 17.6 Å². The van der Waals surface area contributed by atoms with Crippen LogP contribution in [0.25, 0.3) is 0 Å². The Morgan fingerprint density at radius 3 is 2.44 bits per heavy atom. The number of hydrogen-bond acceptors (Lipinski definition) is 4. The van der Waals surface area contributed by atoms with Gasteiger partial charge in [-0.25, -0.2) is 8.42 Å². The van der Waals surface area contributed by atoms with E-state index in [-0.39, 0.29) is 20.7 Å². The number of nitrogens with one attached hydrogen (secondary N) is 1. The molecule has 0 aliphatic carbocycles. The summed E-state index contributed by atoms with van der Waals surface area (Å²) in [5.74, 6) is -0.595. The van der Waals surface area contributed by atoms with Crippen LogP contribution in [0.2, 0.25) is 0 Å². The molecule has 0 aromatic carbocycles. The van der Waals surface area contributed by atoms with Gasteiger partial charge in [0.25, 0.3) is 15.0 Å². The average Bonchev–Trinajstić information content (AvgIpc) is 2.55. The van der Waals surface area contributed by atoms with Crippen molar-refractivity contribution in [3.63, 3.8) is 0 Å². The zero-order valence-corrected chi connectivity index (χ0v) is 13.2. The first-order chi connectivity index (χ1) is 8.00. The summed E-state index contributed by atoms with van der Waals surface area (Å²) in [5.41, 5.74) is -0.0825. The summed E-state index contributed by atoms with van der Waals surface area (Å²) in [5, 5.41) is 2.64. The number of hydrogen-bond donors (Lipinski definition) is 1. The molecule has 102 valence electrons. The molecule has 1 N–H and O–H groups in total. The molecule has 0 saturated carbocycles. The Morgan fingerprint density at radius 2 is 2.06 bits per heavy atom. The van der Waals surface area contributed by atoms with E-state index in [0.717, 1.165) is 6.07 Å². The number of amides is 1. The van der Waals surface area contributed by atoms with E-state index in [1.807, 2.05) is 20.8 Å². The standard InChI is InChI=1S/C10H13BrClNO4S/c1-10(2,3)5-13-9(14)6-4-7(8(11)17-6)18(12,15)16/h4H,5H2,1-3H3,(H,13,14). The van der Waals surface area contributed by atoms with Crippen LogP contribution >= 0.6 is 26.6 Å². The number of carbonyl (C=O) groups is 1. The molecule has 5 nitrogen and oxygen atoms in total. The Hall–Kier alpha value is -0.530. The fraction of sp³-hybridized carbons (Fsp3) is 0.500. The summed E-state index contributed by atoms with van der Waals surface area (Å²) in [6.45, 7) is 6.31. The summed E-state index contributed by atoms with van der Waals surface area (Å²) >= 11 is 2.90. The lowest BCUT2D eigenvalue weighted by atomic mass is 9.97. The fourth-order valence-electron chi connectivity index (χ4n) is 1.06. The second-order valence-electron chi connectivity index (χ2n) is 4.93. The van der Waals surface area contributed by atoms with Crippen LogP contribution in [0, 0.1) is 5.41 Å². The van der Waals surface area contributed by atoms with Crippen molar-refractivity contribution in [2.45, 2.75) is 25.7 Å². The minimum absolute atomic E-state index is 0.0825. The highest BCUT2D eigenvalue weighted by Crippen LogP contribution is 2.28. The number of rotatable bonds is 3. The van der Waals surface area contributed by atoms with Crippen LogP contribution in [-0.4, -0.2) is 20.9 Å². The van der Waals surface area contributed by atoms with Gasteiger partial charge in [0.1, 0.15) is 4.90 Å². The van der Waals surface area contributed by atoms with Gasteiger partial charge < -0.3 is 9.73 Å². The largest absolute Gasteiger partial charge is 0.443 e. The van der Waals surface area contributed by atoms with Crippen molar-refractivity contribution in [1.82, 2.24) is 5.32 Å². The number of furan rings is 1. The van der Waals surface area contributed by atoms with E-state index in [0.29, 0.717) is 6.54 Å². The third kappa shape index (κ3) is 4.29. The lowest BCUT2D eigenvalue weighted by molar-refractivity contribution is 0.0910. The maximum absolute atomic E-state index is 11.7. The fourth-order valence-corrected chi connectivity index (χ4v) is 3.10. The van der Waals surface area contributed by atoms with E-state index in [9.17, 15) is 13.2 Å². The van der Waals surface area contributed by atoms with E-state index < -0.39 is 15.0 Å². The molecule has 0 aliphatic heterocycles. The van der Waals surface area contributed by atoms with Crippen LogP contribution in [0.4, 0.5) is 0 Å². The molecule has 0 spiro atoms. The van der Waals surface area contributed by atoms with Crippen LogP contribution in [0.3, 0.4) is 0 Å². The molecule has 0 aliphatic rings. The Labute approximate surface area is 118 Å². The van der Waals surface area contributed by atoms with E-state index in [4.69, 9.17) is 15.1 Å². The van der Waals surface area contributed by atoms with Gasteiger partial charge in [0, 0.05) is 23.3 Å². The molecular formula is C10H13BrClNO4S. The monoisotopic (exact) mass is 357 g/mol. The van der Waals surface area contributed by atoms with Crippen LogP contribution in [-0.2, 0) is 9.05 Å². The topological polar surface area (TPSA) is 76.4 Å². The molecule has 8 heteroatoms. The molecule has 18 heavy (non-hydrogen) atoms. The minimum Gasteiger partial charge on any atom is -0.443 e. The normalized spacial score (nSPS) is 12.5. The van der Waals surface area contributed by atoms with Gasteiger partial charge in [-0.05, 0) is 21.3 Å². The van der Waals surface area contributed by atoms with E-state index >= 15 is 0 Å². The second kappa shape index (κ2) is 5.22. The molecule has 1 heterocycles. The van der Waals surface area contributed by atoms with Gasteiger partial charge >= 0.3 is 0 Å². The lowest BCUT2D eigenvalue weighted by Crippen LogP contribution is -2.31. The van der Waals surface area contributed by atoms with Crippen molar-refractivity contribution in [1.29, 1.82) is 0 Å². The summed E-state index contributed by atoms with van der Waals surface area (Å²) in [7, 11) is 1.24. The molecule has 1 rings (SSSR count). The summed E-state index contributed by atoms with van der Waals surface area (Å²) in [6, 6.07) is 1.09. The van der Waals surface area contributed by atoms with E-state index in [2.05, 4.69) is 21.2 Å². The van der Waals surface area contributed by atoms with Crippen LogP contribution < -0.4 is 5.32 Å². The molecule has 0 saturated heterocycles. The minimum atomic E-state index is -3.94. The molecule has 0 fully saturated rings. The molecular weight excluding hydrogens is 346 g/mol. The van der Waals surface area contributed by atoms with Gasteiger partial charge in [0.15, 0.2) is 10.4 Å². The van der Waals surface area contributed by atoms with Crippen molar-refractivity contribution in [3.8, 4) is 0 Å². The van der Waals surface area contributed by atoms with Crippen molar-refractivity contribution >= 4 is 41.6 Å². The zero-order chi connectivity index (χ0) is 14.1. The first kappa shape index (κ1) is 15.5. The Morgan fingerprint density at radius 1 is 1.50 bits per heavy atom. The van der Waals surface area contributed by atoms with Crippen molar-refractivity contribution in [2.24, 2.45) is 5.41 Å². The Balaban J connectivity index is 2.90. The Kier molecular flexibility index (Phi) is 4.51. The van der Waals surface area contributed by atoms with Crippen molar-refractivity contribution in [3.05, 3.63) is 16.5 Å². The van der Waals surface area contributed by atoms with Gasteiger partial charge in [0.05, 0.1) is 0 Å². The molecule has 0 atom stereocenters. The molecule has 1 aromatic heterocycles. The van der Waals surface area contributed by atoms with Crippen LogP contribution in [0.1, 0.15) is 31.3 Å². The third-order valence-electron chi connectivity index (χ3n) is 1.92. The Bertz CT molecular complexity index is 559. The predicted molar refractivity (Wildman–Crippen MR) is 71.2 cm³/mol. The highest BCUT2D eigenvalue weighted by Gasteiger charge is 2.23. The smallest absolute Gasteiger partial charge is 0.287 e. The van der Waals surface area contributed by atoms with Gasteiger partial charge in [-0.3, -0.25) is 4.79 Å². The van der Waals surface area contributed by atoms with Gasteiger partial charge in [0.2, 0.25) is 0 Å². The van der Waals surface area contributed by atoms with Crippen molar-refractivity contribution in [2.75, 3.05) is 6.54 Å². The summed E-state index contributed by atoms with van der Waals surface area (Å²) < 4.78 is 27.2. The van der Waals surface area contributed by atoms with Gasteiger partial charge in [-0.15, -0.1) is 0 Å². The first-order valence-electron chi connectivity index (χ1n) is 5.03. The van der Waals surface area contributed by atoms with Gasteiger partial charge in [-0.2, -0.15) is 0 Å². The maximum Gasteiger partial charge on any atom is 0.287 e. The predicted octanol–water partition coefficient (Wildman–Crippen LogP) is 2.75. The lowest BCUT2D eigenvalue weighted by Gasteiger charge is -2.17. The van der Waals surface area contributed by atoms with Crippen LogP contribution in [0.15, 0.2) is 20.0 Å². The van der Waals surface area contributed by atoms with E-state index in [1.54, 1.807) is 0 Å². The number of halogens is 2. The summed E-state index contributed by atoms with van der Waals surface area (Å²) in [4.78, 5) is 11.5. The quantitative estimate of drug-likeness (QED) is 0.843. The number of carbonyl (C=O) groups excluding carboxylic acids is 1. The van der Waals surface area contributed by atoms with Crippen LogP contribution in [0.5, 0.6) is 0 Å². The molecule has 0 radical (unpaired) electrons.